The highest BCUT2D eigenvalue weighted by Gasteiger charge is 2.68. The molecule has 0 saturated heterocycles. The van der Waals surface area contributed by atoms with E-state index in [0.29, 0.717) is 36.4 Å². The number of methoxy groups -OCH3 is 4. The molecule has 0 radical (unpaired) electrons. The van der Waals surface area contributed by atoms with E-state index in [1.807, 2.05) is 0 Å². The second-order valence-corrected chi connectivity index (χ2v) is 13.9. The molecule has 0 aromatic rings. The zero-order valence-electron chi connectivity index (χ0n) is 27.2. The Bertz CT molecular complexity index is 912. The molecule has 4 rings (SSSR count). The minimum Gasteiger partial charge on any atom is -0.463 e. The van der Waals surface area contributed by atoms with E-state index in [9.17, 15) is 9.59 Å². The number of ether oxygens (including phenoxy) is 7. The van der Waals surface area contributed by atoms with E-state index >= 15 is 0 Å². The van der Waals surface area contributed by atoms with Gasteiger partial charge in [-0.15, -0.1) is 0 Å². The smallest absolute Gasteiger partial charge is 0.374 e. The lowest BCUT2D eigenvalue weighted by Crippen LogP contribution is -2.66. The molecule has 0 N–H and O–H groups in total. The van der Waals surface area contributed by atoms with E-state index in [4.69, 9.17) is 33.2 Å². The van der Waals surface area contributed by atoms with Crippen molar-refractivity contribution >= 4 is 11.8 Å². The van der Waals surface area contributed by atoms with Crippen molar-refractivity contribution in [3.63, 3.8) is 0 Å². The fourth-order valence-corrected chi connectivity index (χ4v) is 10.5. The fraction of sp³-hybridized carbons (Fsp3) is 0.939. The Hall–Kier alpha value is -1.10. The van der Waals surface area contributed by atoms with Crippen molar-refractivity contribution in [1.82, 2.24) is 0 Å². The molecule has 9 heteroatoms. The third kappa shape index (κ3) is 6.08. The summed E-state index contributed by atoms with van der Waals surface area (Å²) >= 11 is 0. The lowest BCUT2D eigenvalue weighted by molar-refractivity contribution is -0.267. The van der Waals surface area contributed by atoms with Crippen LogP contribution >= 0.6 is 0 Å². The second-order valence-electron chi connectivity index (χ2n) is 13.9. The third-order valence-electron chi connectivity index (χ3n) is 12.3. The molecule has 42 heavy (non-hydrogen) atoms. The quantitative estimate of drug-likeness (QED) is 0.152. The van der Waals surface area contributed by atoms with Crippen LogP contribution in [0, 0.1) is 52.3 Å². The molecule has 9 nitrogen and oxygen atoms in total. The molecule has 12 atom stereocenters. The monoisotopic (exact) mass is 596 g/mol. The molecule has 4 aliphatic rings. The maximum atomic E-state index is 12.7. The highest BCUT2D eigenvalue weighted by Crippen LogP contribution is 2.70. The highest BCUT2D eigenvalue weighted by molar-refractivity contribution is 6.33. The first kappa shape index (κ1) is 33.8. The van der Waals surface area contributed by atoms with Gasteiger partial charge in [0.25, 0.3) is 0 Å². The summed E-state index contributed by atoms with van der Waals surface area (Å²) in [6, 6.07) is 0. The molecule has 4 fully saturated rings. The normalized spacial score (nSPS) is 41.9. The zero-order valence-corrected chi connectivity index (χ0v) is 27.2. The van der Waals surface area contributed by atoms with Gasteiger partial charge in [-0.3, -0.25) is 4.79 Å². The molecule has 4 aliphatic carbocycles. The standard InChI is InChI=1S/C33H56O9/c1-9-22-25-15-21(40-17-36-5)12-13-32(25,3)26-16-28(41-18-37-6)33(4)23(20(2)14-27(34)31(35)39-8)10-11-24(33)29(26)30(22)42-19-38-7/h20-26,28-30H,9-19H2,1-8H3/t20-,21-,22-,23-,24+,25+,26+,28+,29+,30-,32+,33-/m1/s1. The predicted molar refractivity (Wildman–Crippen MR) is 156 cm³/mol. The van der Waals surface area contributed by atoms with Gasteiger partial charge in [0.2, 0.25) is 5.78 Å². The zero-order chi connectivity index (χ0) is 30.7. The number of esters is 1. The van der Waals surface area contributed by atoms with Crippen LogP contribution in [-0.4, -0.2) is 78.9 Å². The van der Waals surface area contributed by atoms with Gasteiger partial charge in [0.15, 0.2) is 0 Å². The fourth-order valence-electron chi connectivity index (χ4n) is 10.5. The highest BCUT2D eigenvalue weighted by atomic mass is 16.7. The number of fused-ring (bicyclic) bond motifs is 5. The Kier molecular flexibility index (Phi) is 11.5. The molecule has 4 saturated carbocycles. The molecular formula is C33H56O9. The molecule has 0 aromatic carbocycles. The van der Waals surface area contributed by atoms with E-state index in [1.165, 1.54) is 7.11 Å². The van der Waals surface area contributed by atoms with Crippen LogP contribution in [0.3, 0.4) is 0 Å². The van der Waals surface area contributed by atoms with Crippen molar-refractivity contribution in [2.45, 2.75) is 97.4 Å². The molecule has 0 unspecified atom stereocenters. The summed E-state index contributed by atoms with van der Waals surface area (Å²) in [6.07, 6.45) is 7.58. The van der Waals surface area contributed by atoms with Gasteiger partial charge >= 0.3 is 5.97 Å². The number of Topliss-reactive ketones (excluding diaryl/α,β-unsaturated/α-hetero) is 1. The summed E-state index contributed by atoms with van der Waals surface area (Å²) in [7, 11) is 6.33. The Morgan fingerprint density at radius 1 is 0.833 bits per heavy atom. The lowest BCUT2D eigenvalue weighted by atomic mass is 9.40. The van der Waals surface area contributed by atoms with Gasteiger partial charge in [-0.1, -0.05) is 34.1 Å². The van der Waals surface area contributed by atoms with Crippen LogP contribution in [0.15, 0.2) is 0 Å². The van der Waals surface area contributed by atoms with E-state index in [-0.39, 0.29) is 61.0 Å². The van der Waals surface area contributed by atoms with Crippen LogP contribution in [0.5, 0.6) is 0 Å². The van der Waals surface area contributed by atoms with Gasteiger partial charge in [0.05, 0.1) is 25.4 Å². The van der Waals surface area contributed by atoms with Crippen LogP contribution in [0.1, 0.15) is 79.1 Å². The lowest BCUT2D eigenvalue weighted by Gasteiger charge is -2.66. The molecule has 0 aromatic heterocycles. The molecule has 0 heterocycles. The summed E-state index contributed by atoms with van der Waals surface area (Å²) in [4.78, 5) is 24.7. The molecule has 0 bridgehead atoms. The van der Waals surface area contributed by atoms with E-state index < -0.39 is 11.8 Å². The van der Waals surface area contributed by atoms with E-state index in [1.54, 1.807) is 21.3 Å². The predicted octanol–water partition coefficient (Wildman–Crippen LogP) is 5.24. The maximum absolute atomic E-state index is 12.7. The summed E-state index contributed by atoms with van der Waals surface area (Å²) in [6.45, 7) is 10.2. The molecule has 0 amide bonds. The number of carbonyl (C=O) groups excluding carboxylic acids is 2. The van der Waals surface area contributed by atoms with Crippen molar-refractivity contribution in [1.29, 1.82) is 0 Å². The largest absolute Gasteiger partial charge is 0.463 e. The Labute approximate surface area is 253 Å². The Morgan fingerprint density at radius 2 is 1.50 bits per heavy atom. The number of carbonyl (C=O) groups is 2. The van der Waals surface area contributed by atoms with Gasteiger partial charge in [-0.25, -0.2) is 4.79 Å². The van der Waals surface area contributed by atoms with Crippen LogP contribution in [0.4, 0.5) is 0 Å². The summed E-state index contributed by atoms with van der Waals surface area (Å²) < 4.78 is 40.5. The van der Waals surface area contributed by atoms with E-state index in [0.717, 1.165) is 44.9 Å². The van der Waals surface area contributed by atoms with Crippen molar-refractivity contribution in [2.24, 2.45) is 52.3 Å². The molecule has 242 valence electrons. The van der Waals surface area contributed by atoms with Crippen LogP contribution in [0.2, 0.25) is 0 Å². The maximum Gasteiger partial charge on any atom is 0.374 e. The van der Waals surface area contributed by atoms with Gasteiger partial charge in [-0.2, -0.15) is 0 Å². The Morgan fingerprint density at radius 3 is 2.14 bits per heavy atom. The van der Waals surface area contributed by atoms with E-state index in [2.05, 4.69) is 27.7 Å². The average molecular weight is 597 g/mol. The average Bonchev–Trinajstić information content (AvgIpc) is 3.35. The second kappa shape index (κ2) is 14.3. The first-order valence-electron chi connectivity index (χ1n) is 16.0. The van der Waals surface area contributed by atoms with Crippen LogP contribution in [0.25, 0.3) is 0 Å². The van der Waals surface area contributed by atoms with Crippen molar-refractivity contribution in [3.8, 4) is 0 Å². The number of ketones is 1. The van der Waals surface area contributed by atoms with Gasteiger partial charge in [0, 0.05) is 33.2 Å². The van der Waals surface area contributed by atoms with Gasteiger partial charge in [0.1, 0.15) is 20.4 Å². The van der Waals surface area contributed by atoms with Crippen molar-refractivity contribution < 1.29 is 42.7 Å². The molecule has 0 aliphatic heterocycles. The van der Waals surface area contributed by atoms with Gasteiger partial charge in [-0.05, 0) is 85.4 Å². The summed E-state index contributed by atoms with van der Waals surface area (Å²) in [5.74, 6) is 1.02. The molecular weight excluding hydrogens is 540 g/mol. The third-order valence-corrected chi connectivity index (χ3v) is 12.3. The SMILES string of the molecule is CC[C@H]1[C@@H](OCOC)[C@@H]2[C@H](C[C@H](OCOC)[C@]3(C)[C@@H]([C@H](C)CC(=O)C(=O)OC)CC[C@@H]23)[C@@]2(C)CC[C@@H](OCOC)C[C@@H]12. The molecule has 0 spiro atoms. The van der Waals surface area contributed by atoms with Crippen molar-refractivity contribution in [3.05, 3.63) is 0 Å². The van der Waals surface area contributed by atoms with Gasteiger partial charge < -0.3 is 33.2 Å². The number of hydrogen-bond acceptors (Lipinski definition) is 9. The Balaban J connectivity index is 1.73. The van der Waals surface area contributed by atoms with Crippen molar-refractivity contribution in [2.75, 3.05) is 48.8 Å². The first-order chi connectivity index (χ1) is 20.1. The first-order valence-corrected chi connectivity index (χ1v) is 16.0. The number of rotatable bonds is 14. The summed E-state index contributed by atoms with van der Waals surface area (Å²) in [5, 5.41) is 0. The van der Waals surface area contributed by atoms with Crippen LogP contribution in [-0.2, 0) is 42.7 Å². The topological polar surface area (TPSA) is 98.8 Å². The summed E-state index contributed by atoms with van der Waals surface area (Å²) in [5.41, 5.74) is -0.0593. The number of hydrogen-bond donors (Lipinski definition) is 0. The minimum absolute atomic E-state index is 0.0203. The minimum atomic E-state index is -0.757. The van der Waals surface area contributed by atoms with Crippen LogP contribution < -0.4 is 0 Å².